The zero-order valence-electron chi connectivity index (χ0n) is 18.9. The average Bonchev–Trinajstić information content (AvgIpc) is 2.84. The van der Waals surface area contributed by atoms with Gasteiger partial charge in [0.2, 0.25) is 0 Å². The number of nitrogens with zero attached hydrogens (tertiary/aromatic N) is 1. The molecule has 3 aromatic rings. The van der Waals surface area contributed by atoms with Crippen LogP contribution in [0.2, 0.25) is 10.0 Å². The summed E-state index contributed by atoms with van der Waals surface area (Å²) in [6.07, 6.45) is 9.34. The maximum absolute atomic E-state index is 6.38. The molecule has 4 nitrogen and oxygen atoms in total. The number of methoxy groups -OCH3 is 1. The summed E-state index contributed by atoms with van der Waals surface area (Å²) < 4.78 is 11.8. The third kappa shape index (κ3) is 6.20. The van der Waals surface area contributed by atoms with Crippen molar-refractivity contribution in [2.24, 2.45) is 0 Å². The molecule has 4 rings (SSSR count). The second-order valence-corrected chi connectivity index (χ2v) is 9.20. The van der Waals surface area contributed by atoms with Gasteiger partial charge < -0.3 is 14.8 Å². The lowest BCUT2D eigenvalue weighted by Crippen LogP contribution is -2.31. The predicted molar refractivity (Wildman–Crippen MR) is 135 cm³/mol. The number of pyridine rings is 1. The number of unbranched alkanes of at least 4 members (excludes halogenated alkanes) is 2. The van der Waals surface area contributed by atoms with E-state index in [2.05, 4.69) is 52.8 Å². The smallest absolute Gasteiger partial charge is 0.161 e. The fourth-order valence-electron chi connectivity index (χ4n) is 4.38. The number of hydrogen-bond acceptors (Lipinski definition) is 4. The minimum atomic E-state index is 0.102. The van der Waals surface area contributed by atoms with Crippen molar-refractivity contribution in [3.05, 3.63) is 87.2 Å². The number of aryl methyl sites for hydroxylation is 1. The van der Waals surface area contributed by atoms with Gasteiger partial charge in [0.1, 0.15) is 0 Å². The molecule has 0 amide bonds. The van der Waals surface area contributed by atoms with Gasteiger partial charge in [0.05, 0.1) is 23.8 Å². The molecule has 0 saturated heterocycles. The number of nitrogens with one attached hydrogen (secondary N) is 1. The van der Waals surface area contributed by atoms with Gasteiger partial charge in [0.15, 0.2) is 11.5 Å². The summed E-state index contributed by atoms with van der Waals surface area (Å²) in [6.45, 7) is 1.56. The maximum atomic E-state index is 6.38. The third-order valence-electron chi connectivity index (χ3n) is 6.16. The van der Waals surface area contributed by atoms with Crippen molar-refractivity contribution in [2.45, 2.75) is 44.6 Å². The van der Waals surface area contributed by atoms with Crippen LogP contribution in [0.1, 0.15) is 47.6 Å². The van der Waals surface area contributed by atoms with E-state index in [1.807, 2.05) is 0 Å². The molecule has 2 heterocycles. The molecular weight excluding hydrogens is 455 g/mol. The van der Waals surface area contributed by atoms with E-state index >= 15 is 0 Å². The van der Waals surface area contributed by atoms with Gasteiger partial charge >= 0.3 is 0 Å². The Morgan fingerprint density at radius 3 is 2.55 bits per heavy atom. The molecule has 0 spiro atoms. The lowest BCUT2D eigenvalue weighted by molar-refractivity contribution is 0.284. The van der Waals surface area contributed by atoms with E-state index in [-0.39, 0.29) is 6.04 Å². The fourth-order valence-corrected chi connectivity index (χ4v) is 4.90. The third-order valence-corrected chi connectivity index (χ3v) is 6.81. The standard InChI is InChI=1S/C27H30Cl2N2O2/c1-32-26-14-20-11-12-31-25(15-22-23(28)17-30-18-24(22)29)21(20)16-27(26)33-13-7-3-6-10-19-8-4-2-5-9-19/h2,4-5,8-9,14,16-18,25,31H,3,6-7,10-13,15H2,1H3. The van der Waals surface area contributed by atoms with E-state index in [0.29, 0.717) is 23.1 Å². The molecule has 174 valence electrons. The highest BCUT2D eigenvalue weighted by Crippen LogP contribution is 2.38. The van der Waals surface area contributed by atoms with Crippen molar-refractivity contribution >= 4 is 23.2 Å². The molecule has 1 aromatic heterocycles. The quantitative estimate of drug-likeness (QED) is 0.328. The van der Waals surface area contributed by atoms with Crippen LogP contribution in [0.4, 0.5) is 0 Å². The lowest BCUT2D eigenvalue weighted by atomic mass is 9.90. The summed E-state index contributed by atoms with van der Waals surface area (Å²) in [5.41, 5.74) is 4.79. The first-order valence-electron chi connectivity index (χ1n) is 11.5. The highest BCUT2D eigenvalue weighted by molar-refractivity contribution is 6.35. The SMILES string of the molecule is COc1cc2c(cc1OCCCCCc1ccccc1)C(Cc1c(Cl)cncc1Cl)NCC2. The first-order valence-corrected chi connectivity index (χ1v) is 12.3. The normalized spacial score (nSPS) is 15.2. The van der Waals surface area contributed by atoms with Crippen molar-refractivity contribution in [3.8, 4) is 11.5 Å². The van der Waals surface area contributed by atoms with Crippen molar-refractivity contribution < 1.29 is 9.47 Å². The molecule has 1 unspecified atom stereocenters. The second-order valence-electron chi connectivity index (χ2n) is 8.39. The van der Waals surface area contributed by atoms with Crippen LogP contribution in [0.3, 0.4) is 0 Å². The van der Waals surface area contributed by atoms with Gasteiger partial charge in [-0.3, -0.25) is 4.98 Å². The van der Waals surface area contributed by atoms with E-state index in [1.54, 1.807) is 19.5 Å². The van der Waals surface area contributed by atoms with Crippen LogP contribution in [-0.4, -0.2) is 25.2 Å². The minimum Gasteiger partial charge on any atom is -0.493 e. The summed E-state index contributed by atoms with van der Waals surface area (Å²) in [5.74, 6) is 1.58. The Balaban J connectivity index is 1.40. The van der Waals surface area contributed by atoms with Crippen LogP contribution in [0, 0.1) is 0 Å². The first kappa shape index (κ1) is 23.9. The highest BCUT2D eigenvalue weighted by atomic mass is 35.5. The summed E-state index contributed by atoms with van der Waals surface area (Å²) >= 11 is 12.8. The predicted octanol–water partition coefficient (Wildman–Crippen LogP) is 6.62. The van der Waals surface area contributed by atoms with Gasteiger partial charge in [-0.15, -0.1) is 0 Å². The van der Waals surface area contributed by atoms with Crippen molar-refractivity contribution in [3.63, 3.8) is 0 Å². The second kappa shape index (κ2) is 11.7. The monoisotopic (exact) mass is 484 g/mol. The van der Waals surface area contributed by atoms with Gasteiger partial charge in [-0.2, -0.15) is 0 Å². The molecule has 0 fully saturated rings. The Bertz CT molecular complexity index is 1040. The zero-order chi connectivity index (χ0) is 23.0. The Labute approximate surface area is 206 Å². The van der Waals surface area contributed by atoms with E-state index in [4.69, 9.17) is 32.7 Å². The van der Waals surface area contributed by atoms with Gasteiger partial charge in [-0.25, -0.2) is 0 Å². The average molecular weight is 485 g/mol. The molecule has 1 N–H and O–H groups in total. The number of rotatable bonds is 10. The molecule has 2 aromatic carbocycles. The van der Waals surface area contributed by atoms with Crippen molar-refractivity contribution in [1.82, 2.24) is 10.3 Å². The molecule has 0 aliphatic carbocycles. The van der Waals surface area contributed by atoms with E-state index in [9.17, 15) is 0 Å². The Morgan fingerprint density at radius 1 is 1.00 bits per heavy atom. The Hall–Kier alpha value is -2.27. The van der Waals surface area contributed by atoms with Crippen LogP contribution >= 0.6 is 23.2 Å². The lowest BCUT2D eigenvalue weighted by Gasteiger charge is -2.29. The Morgan fingerprint density at radius 2 is 1.79 bits per heavy atom. The van der Waals surface area contributed by atoms with Gasteiger partial charge in [-0.1, -0.05) is 53.5 Å². The van der Waals surface area contributed by atoms with E-state index in [1.165, 1.54) is 16.7 Å². The molecular formula is C27H30Cl2N2O2. The fraction of sp³-hybridized carbons (Fsp3) is 0.370. The minimum absolute atomic E-state index is 0.102. The number of halogens is 2. The van der Waals surface area contributed by atoms with Gasteiger partial charge in [0.25, 0.3) is 0 Å². The van der Waals surface area contributed by atoms with Crippen molar-refractivity contribution in [2.75, 3.05) is 20.3 Å². The highest BCUT2D eigenvalue weighted by Gasteiger charge is 2.24. The van der Waals surface area contributed by atoms with Crippen LogP contribution in [-0.2, 0) is 19.3 Å². The van der Waals surface area contributed by atoms with Crippen LogP contribution in [0.15, 0.2) is 54.9 Å². The topological polar surface area (TPSA) is 43.4 Å². The molecule has 0 radical (unpaired) electrons. The molecule has 1 atom stereocenters. The van der Waals surface area contributed by atoms with E-state index in [0.717, 1.165) is 55.7 Å². The van der Waals surface area contributed by atoms with Gasteiger partial charge in [0, 0.05) is 18.4 Å². The number of aromatic nitrogens is 1. The molecule has 0 bridgehead atoms. The molecule has 33 heavy (non-hydrogen) atoms. The number of benzene rings is 2. The van der Waals surface area contributed by atoms with Crippen LogP contribution < -0.4 is 14.8 Å². The summed E-state index contributed by atoms with van der Waals surface area (Å²) in [6, 6.07) is 15.0. The molecule has 1 aliphatic heterocycles. The summed E-state index contributed by atoms with van der Waals surface area (Å²) in [7, 11) is 1.70. The summed E-state index contributed by atoms with van der Waals surface area (Å²) in [5, 5.41) is 4.80. The zero-order valence-corrected chi connectivity index (χ0v) is 20.5. The van der Waals surface area contributed by atoms with Crippen LogP contribution in [0.5, 0.6) is 11.5 Å². The maximum Gasteiger partial charge on any atom is 0.161 e. The van der Waals surface area contributed by atoms with Gasteiger partial charge in [-0.05, 0) is 79.5 Å². The molecule has 6 heteroatoms. The first-order chi connectivity index (χ1) is 16.2. The number of ether oxygens (including phenoxy) is 2. The number of hydrogen-bond donors (Lipinski definition) is 1. The molecule has 0 saturated carbocycles. The number of fused-ring (bicyclic) bond motifs is 1. The summed E-state index contributed by atoms with van der Waals surface area (Å²) in [4.78, 5) is 4.07. The van der Waals surface area contributed by atoms with E-state index < -0.39 is 0 Å². The molecule has 1 aliphatic rings. The largest absolute Gasteiger partial charge is 0.493 e. The van der Waals surface area contributed by atoms with Crippen LogP contribution in [0.25, 0.3) is 0 Å². The Kier molecular flexibility index (Phi) is 8.49. The van der Waals surface area contributed by atoms with Crippen molar-refractivity contribution in [1.29, 1.82) is 0 Å².